The molecule has 1 amide bonds. The summed E-state index contributed by atoms with van der Waals surface area (Å²) < 4.78 is 5.80. The predicted molar refractivity (Wildman–Crippen MR) is 100 cm³/mol. The van der Waals surface area contributed by atoms with Gasteiger partial charge in [0, 0.05) is 25.5 Å². The van der Waals surface area contributed by atoms with E-state index in [2.05, 4.69) is 21.4 Å². The Balaban J connectivity index is 1.86. The maximum Gasteiger partial charge on any atom is 0.251 e. The van der Waals surface area contributed by atoms with E-state index in [-0.39, 0.29) is 18.6 Å². The van der Waals surface area contributed by atoms with Crippen molar-refractivity contribution in [2.45, 2.75) is 38.6 Å². The van der Waals surface area contributed by atoms with Gasteiger partial charge in [0.2, 0.25) is 0 Å². The highest BCUT2D eigenvalue weighted by Gasteiger charge is 2.32. The first-order chi connectivity index (χ1) is 12.8. The zero-order chi connectivity index (χ0) is 19.6. The molecule has 8 nitrogen and oxygen atoms in total. The molecule has 0 radical (unpaired) electrons. The Morgan fingerprint density at radius 2 is 2.07 bits per heavy atom. The summed E-state index contributed by atoms with van der Waals surface area (Å²) in [4.78, 5) is 23.2. The van der Waals surface area contributed by atoms with Gasteiger partial charge in [0.05, 0.1) is 29.5 Å². The van der Waals surface area contributed by atoms with Crippen LogP contribution >= 0.6 is 0 Å². The van der Waals surface area contributed by atoms with Crippen molar-refractivity contribution >= 4 is 22.6 Å². The number of carbonyl (C=O) groups is 1. The van der Waals surface area contributed by atoms with Crippen LogP contribution in [0.15, 0.2) is 24.5 Å². The summed E-state index contributed by atoms with van der Waals surface area (Å²) in [6.45, 7) is 6.24. The summed E-state index contributed by atoms with van der Waals surface area (Å²) in [5, 5.41) is 21.8. The average molecular weight is 369 g/mol. The number of rotatable bonds is 4. The Morgan fingerprint density at radius 1 is 1.37 bits per heavy atom. The molecule has 2 heterocycles. The number of nitriles is 1. The lowest BCUT2D eigenvalue weighted by molar-refractivity contribution is -0.138. The molecule has 0 spiro atoms. The molecule has 1 fully saturated rings. The summed E-state index contributed by atoms with van der Waals surface area (Å²) in [5.74, 6) is -0.266. The van der Waals surface area contributed by atoms with Crippen molar-refractivity contribution in [1.29, 1.82) is 5.26 Å². The van der Waals surface area contributed by atoms with Crippen molar-refractivity contribution in [3.63, 3.8) is 0 Å². The molecule has 0 bridgehead atoms. The summed E-state index contributed by atoms with van der Waals surface area (Å²) >= 11 is 0. The molecule has 3 rings (SSSR count). The lowest BCUT2D eigenvalue weighted by atomic mass is 10.1. The number of fused-ring (bicyclic) bond motifs is 1. The molecule has 1 aliphatic heterocycles. The second kappa shape index (κ2) is 7.47. The normalized spacial score (nSPS) is 20.3. The molecule has 1 aromatic heterocycles. The van der Waals surface area contributed by atoms with Crippen LogP contribution in [-0.2, 0) is 9.53 Å². The molecular formula is C19H23N5O3. The maximum atomic E-state index is 12.5. The van der Waals surface area contributed by atoms with E-state index < -0.39 is 11.7 Å². The van der Waals surface area contributed by atoms with Crippen molar-refractivity contribution in [3.8, 4) is 6.07 Å². The molecule has 0 aliphatic carbocycles. The van der Waals surface area contributed by atoms with Gasteiger partial charge in [0.15, 0.2) is 6.10 Å². The Hall–Kier alpha value is -2.76. The molecule has 0 saturated carbocycles. The van der Waals surface area contributed by atoms with E-state index in [4.69, 9.17) is 4.74 Å². The van der Waals surface area contributed by atoms with Gasteiger partial charge >= 0.3 is 0 Å². The molecule has 2 unspecified atom stereocenters. The number of benzene rings is 1. The van der Waals surface area contributed by atoms with Crippen molar-refractivity contribution in [3.05, 3.63) is 30.1 Å². The van der Waals surface area contributed by atoms with Crippen LogP contribution in [0.2, 0.25) is 0 Å². The largest absolute Gasteiger partial charge is 0.389 e. The van der Waals surface area contributed by atoms with Gasteiger partial charge in [0.1, 0.15) is 17.1 Å². The quantitative estimate of drug-likeness (QED) is 0.826. The van der Waals surface area contributed by atoms with E-state index in [9.17, 15) is 15.2 Å². The lowest BCUT2D eigenvalue weighted by Crippen LogP contribution is -2.54. The van der Waals surface area contributed by atoms with E-state index in [0.29, 0.717) is 29.7 Å². The smallest absolute Gasteiger partial charge is 0.251 e. The number of carbonyl (C=O) groups excluding carboxylic acids is 1. The number of amides is 1. The highest BCUT2D eigenvalue weighted by molar-refractivity contribution is 5.92. The van der Waals surface area contributed by atoms with Crippen molar-refractivity contribution in [2.75, 3.05) is 24.5 Å². The van der Waals surface area contributed by atoms with Gasteiger partial charge in [-0.25, -0.2) is 0 Å². The molecule has 1 aromatic carbocycles. The third-order valence-corrected chi connectivity index (χ3v) is 4.31. The number of aliphatic hydroxyl groups is 1. The molecule has 8 heteroatoms. The van der Waals surface area contributed by atoms with Crippen LogP contribution in [0.5, 0.6) is 0 Å². The maximum absolute atomic E-state index is 12.5. The van der Waals surface area contributed by atoms with Gasteiger partial charge in [-0.05, 0) is 32.9 Å². The number of hydrogen-bond acceptors (Lipinski definition) is 7. The lowest BCUT2D eigenvalue weighted by Gasteiger charge is -2.38. The Bertz CT molecular complexity index is 887. The third kappa shape index (κ3) is 4.32. The first-order valence-corrected chi connectivity index (χ1v) is 8.83. The molecule has 27 heavy (non-hydrogen) atoms. The minimum Gasteiger partial charge on any atom is -0.389 e. The number of ether oxygens (including phenoxy) is 1. The monoisotopic (exact) mass is 369 g/mol. The molecule has 1 saturated heterocycles. The Kier molecular flexibility index (Phi) is 5.26. The van der Waals surface area contributed by atoms with Crippen LogP contribution in [0.4, 0.5) is 5.69 Å². The van der Waals surface area contributed by atoms with Gasteiger partial charge in [-0.15, -0.1) is 0 Å². The summed E-state index contributed by atoms with van der Waals surface area (Å²) in [6, 6.07) is 5.68. The minimum absolute atomic E-state index is 0.144. The van der Waals surface area contributed by atoms with Gasteiger partial charge in [0.25, 0.3) is 5.91 Å². The van der Waals surface area contributed by atoms with Crippen LogP contribution in [0.25, 0.3) is 11.0 Å². The summed E-state index contributed by atoms with van der Waals surface area (Å²) in [7, 11) is 0. The second-order valence-corrected chi connectivity index (χ2v) is 7.37. The first-order valence-electron chi connectivity index (χ1n) is 8.83. The SMILES string of the molecule is CC1CN(c2ccc(C#N)c3nccnc23)CC(C(=O)NCC(C)(C)O)O1. The van der Waals surface area contributed by atoms with Gasteiger partial charge in [-0.3, -0.25) is 14.8 Å². The van der Waals surface area contributed by atoms with Crippen LogP contribution in [-0.4, -0.2) is 58.4 Å². The molecule has 1 aliphatic rings. The summed E-state index contributed by atoms with van der Waals surface area (Å²) in [5.41, 5.74) is 1.45. The average Bonchev–Trinajstić information content (AvgIpc) is 2.64. The zero-order valence-corrected chi connectivity index (χ0v) is 15.6. The van der Waals surface area contributed by atoms with Crippen molar-refractivity contribution in [2.24, 2.45) is 0 Å². The third-order valence-electron chi connectivity index (χ3n) is 4.31. The number of morpholine rings is 1. The Morgan fingerprint density at radius 3 is 2.74 bits per heavy atom. The van der Waals surface area contributed by atoms with E-state index in [1.54, 1.807) is 32.3 Å². The van der Waals surface area contributed by atoms with E-state index in [1.165, 1.54) is 0 Å². The molecule has 2 atom stereocenters. The fourth-order valence-corrected chi connectivity index (χ4v) is 3.10. The van der Waals surface area contributed by atoms with E-state index >= 15 is 0 Å². The Labute approximate surface area is 157 Å². The number of nitrogens with one attached hydrogen (secondary N) is 1. The topological polar surface area (TPSA) is 111 Å². The predicted octanol–water partition coefficient (Wildman–Crippen LogP) is 0.982. The van der Waals surface area contributed by atoms with E-state index in [0.717, 1.165) is 5.69 Å². The number of hydrogen-bond donors (Lipinski definition) is 2. The highest BCUT2D eigenvalue weighted by Crippen LogP contribution is 2.28. The zero-order valence-electron chi connectivity index (χ0n) is 15.6. The highest BCUT2D eigenvalue weighted by atomic mass is 16.5. The first kappa shape index (κ1) is 19.0. The van der Waals surface area contributed by atoms with Gasteiger partial charge < -0.3 is 20.1 Å². The number of nitrogens with zero attached hydrogens (tertiary/aromatic N) is 4. The fourth-order valence-electron chi connectivity index (χ4n) is 3.10. The molecule has 2 aromatic rings. The van der Waals surface area contributed by atoms with Crippen molar-refractivity contribution < 1.29 is 14.6 Å². The van der Waals surface area contributed by atoms with Crippen molar-refractivity contribution in [1.82, 2.24) is 15.3 Å². The second-order valence-electron chi connectivity index (χ2n) is 7.37. The van der Waals surface area contributed by atoms with Gasteiger partial charge in [-0.1, -0.05) is 0 Å². The van der Waals surface area contributed by atoms with Crippen LogP contribution < -0.4 is 10.2 Å². The molecule has 142 valence electrons. The van der Waals surface area contributed by atoms with E-state index in [1.807, 2.05) is 17.9 Å². The fraction of sp³-hybridized carbons (Fsp3) is 0.474. The molecular weight excluding hydrogens is 346 g/mol. The van der Waals surface area contributed by atoms with Gasteiger partial charge in [-0.2, -0.15) is 5.26 Å². The van der Waals surface area contributed by atoms with Crippen LogP contribution in [0, 0.1) is 11.3 Å². The molecule has 2 N–H and O–H groups in total. The number of aromatic nitrogens is 2. The standard InChI is InChI=1S/C19H23N5O3/c1-12-9-24(10-15(27-12)18(25)23-11-19(2,3)26)14-5-4-13(8-20)16-17(14)22-7-6-21-16/h4-7,12,15,26H,9-11H2,1-3H3,(H,23,25). The minimum atomic E-state index is -0.992. The van der Waals surface area contributed by atoms with Crippen LogP contribution in [0.3, 0.4) is 0 Å². The number of anilines is 1. The summed E-state index contributed by atoms with van der Waals surface area (Å²) in [6.07, 6.45) is 2.31. The van der Waals surface area contributed by atoms with Crippen LogP contribution in [0.1, 0.15) is 26.3 Å².